The number of hydroxylamine groups is 2. The van der Waals surface area contributed by atoms with E-state index in [9.17, 15) is 13.2 Å². The Kier molecular flexibility index (Phi) is 9.74. The molecule has 0 radical (unpaired) electrons. The van der Waals surface area contributed by atoms with Crippen molar-refractivity contribution in [2.45, 2.75) is 57.6 Å². The molecule has 1 saturated heterocycles. The lowest BCUT2D eigenvalue weighted by molar-refractivity contribution is -0.133. The highest BCUT2D eigenvalue weighted by atomic mass is 32.2. The van der Waals surface area contributed by atoms with Gasteiger partial charge in [0, 0.05) is 51.0 Å². The summed E-state index contributed by atoms with van der Waals surface area (Å²) >= 11 is 0. The fourth-order valence-corrected chi connectivity index (χ4v) is 7.45. The Labute approximate surface area is 259 Å². The van der Waals surface area contributed by atoms with Crippen LogP contribution in [0.1, 0.15) is 51.0 Å². The SMILES string of the molecule is CC(C)(C)[C@H](c1nc(-c2ccccc2)cn1Cc1ccccc1)N(C[C@@H](F)CN)C(=O)ON1CCN(S(=O)(=O)C2CC2)CC1. The van der Waals surface area contributed by atoms with E-state index in [1.807, 2.05) is 92.2 Å². The van der Waals surface area contributed by atoms with Crippen molar-refractivity contribution in [2.75, 3.05) is 39.3 Å². The molecule has 1 amide bonds. The predicted molar refractivity (Wildman–Crippen MR) is 168 cm³/mol. The van der Waals surface area contributed by atoms with E-state index in [1.165, 1.54) is 14.3 Å². The third-order valence-corrected chi connectivity index (χ3v) is 10.4. The van der Waals surface area contributed by atoms with Crippen LogP contribution in [0.2, 0.25) is 0 Å². The number of rotatable bonds is 11. The first-order valence-electron chi connectivity index (χ1n) is 15.2. The Morgan fingerprint density at radius 1 is 1.05 bits per heavy atom. The summed E-state index contributed by atoms with van der Waals surface area (Å²) in [5.74, 6) is 0.599. The van der Waals surface area contributed by atoms with Gasteiger partial charge in [-0.25, -0.2) is 22.6 Å². The van der Waals surface area contributed by atoms with Gasteiger partial charge in [0.2, 0.25) is 10.0 Å². The number of benzene rings is 2. The van der Waals surface area contributed by atoms with Crippen molar-refractivity contribution in [2.24, 2.45) is 11.1 Å². The van der Waals surface area contributed by atoms with Crippen molar-refractivity contribution in [3.63, 3.8) is 0 Å². The number of hydrogen-bond acceptors (Lipinski definition) is 7. The molecule has 5 rings (SSSR count). The molecule has 1 aromatic heterocycles. The number of nitrogens with zero attached hydrogens (tertiary/aromatic N) is 5. The van der Waals surface area contributed by atoms with Gasteiger partial charge in [0.15, 0.2) is 0 Å². The maximum absolute atomic E-state index is 15.1. The maximum atomic E-state index is 15.1. The molecule has 238 valence electrons. The number of nitrogens with two attached hydrogens (primary N) is 1. The van der Waals surface area contributed by atoms with E-state index in [-0.39, 0.29) is 44.5 Å². The second kappa shape index (κ2) is 13.4. The molecule has 2 aromatic carbocycles. The molecular weight excluding hydrogens is 583 g/mol. The molecule has 2 N–H and O–H groups in total. The average Bonchev–Trinajstić information content (AvgIpc) is 3.80. The number of sulfonamides is 1. The van der Waals surface area contributed by atoms with Crippen LogP contribution in [0.15, 0.2) is 66.9 Å². The van der Waals surface area contributed by atoms with Crippen molar-refractivity contribution in [3.8, 4) is 11.3 Å². The van der Waals surface area contributed by atoms with Crippen LogP contribution in [0.3, 0.4) is 0 Å². The normalized spacial score (nSPS) is 18.1. The van der Waals surface area contributed by atoms with E-state index >= 15 is 4.39 Å². The van der Waals surface area contributed by atoms with Gasteiger partial charge in [-0.15, -0.1) is 5.06 Å². The standard InChI is InChI=1S/C32H43FN6O4S/c1-32(2,3)29(30-35-28(25-12-8-5-9-13-25)23-36(30)21-24-10-6-4-7-11-24)39(22-26(33)20-34)31(40)43-37-16-18-38(19-17-37)44(41,42)27-14-15-27/h4-13,23,26-27,29H,14-22,34H2,1-3H3/t26-,29-/m0/s1. The predicted octanol–water partition coefficient (Wildman–Crippen LogP) is 4.45. The van der Waals surface area contributed by atoms with Gasteiger partial charge in [-0.3, -0.25) is 4.90 Å². The van der Waals surface area contributed by atoms with E-state index in [1.54, 1.807) is 0 Å². The fraction of sp³-hybridized carbons (Fsp3) is 0.500. The number of aromatic nitrogens is 2. The van der Waals surface area contributed by atoms with Crippen LogP contribution in [0.5, 0.6) is 0 Å². The van der Waals surface area contributed by atoms with Gasteiger partial charge in [0.1, 0.15) is 12.0 Å². The summed E-state index contributed by atoms with van der Waals surface area (Å²) in [6, 6.07) is 19.1. The highest BCUT2D eigenvalue weighted by molar-refractivity contribution is 7.90. The minimum atomic E-state index is -3.32. The Hall–Kier alpha value is -3.32. The minimum Gasteiger partial charge on any atom is -0.351 e. The van der Waals surface area contributed by atoms with Gasteiger partial charge in [-0.2, -0.15) is 4.31 Å². The third-order valence-electron chi connectivity index (χ3n) is 8.04. The summed E-state index contributed by atoms with van der Waals surface area (Å²) in [5, 5.41) is 1.17. The van der Waals surface area contributed by atoms with Gasteiger partial charge < -0.3 is 15.1 Å². The average molecular weight is 627 g/mol. The second-order valence-electron chi connectivity index (χ2n) is 12.6. The molecule has 1 aliphatic heterocycles. The van der Waals surface area contributed by atoms with Crippen molar-refractivity contribution in [3.05, 3.63) is 78.2 Å². The number of imidazole rings is 1. The number of carbonyl (C=O) groups is 1. The molecule has 10 nitrogen and oxygen atoms in total. The number of carbonyl (C=O) groups excluding carboxylic acids is 1. The largest absolute Gasteiger partial charge is 0.429 e. The molecule has 12 heteroatoms. The highest BCUT2D eigenvalue weighted by Gasteiger charge is 2.43. The van der Waals surface area contributed by atoms with E-state index in [2.05, 4.69) is 0 Å². The first-order chi connectivity index (χ1) is 21.0. The monoisotopic (exact) mass is 626 g/mol. The molecule has 0 spiro atoms. The van der Waals surface area contributed by atoms with Crippen LogP contribution in [0, 0.1) is 5.41 Å². The van der Waals surface area contributed by atoms with Crippen molar-refractivity contribution in [1.82, 2.24) is 23.8 Å². The van der Waals surface area contributed by atoms with Crippen LogP contribution in [0.25, 0.3) is 11.3 Å². The Morgan fingerprint density at radius 2 is 1.66 bits per heavy atom. The number of hydrogen-bond donors (Lipinski definition) is 1. The number of piperazine rings is 1. The molecule has 1 aliphatic carbocycles. The molecule has 3 aromatic rings. The lowest BCUT2D eigenvalue weighted by Crippen LogP contribution is -2.52. The quantitative estimate of drug-likeness (QED) is 0.335. The van der Waals surface area contributed by atoms with Crippen molar-refractivity contribution < 1.29 is 22.4 Å². The Bertz CT molecular complexity index is 1500. The zero-order chi connectivity index (χ0) is 31.5. The fourth-order valence-electron chi connectivity index (χ4n) is 5.63. The lowest BCUT2D eigenvalue weighted by atomic mass is 9.84. The summed E-state index contributed by atoms with van der Waals surface area (Å²) in [5.41, 5.74) is 7.83. The summed E-state index contributed by atoms with van der Waals surface area (Å²) in [6.45, 7) is 6.81. The molecule has 0 bridgehead atoms. The molecule has 2 heterocycles. The smallest absolute Gasteiger partial charge is 0.351 e. The number of halogens is 1. The summed E-state index contributed by atoms with van der Waals surface area (Å²) < 4.78 is 44.0. The van der Waals surface area contributed by atoms with Crippen LogP contribution in [0.4, 0.5) is 9.18 Å². The minimum absolute atomic E-state index is 0.225. The topological polar surface area (TPSA) is 114 Å². The summed E-state index contributed by atoms with van der Waals surface area (Å²) in [7, 11) is -3.32. The van der Waals surface area contributed by atoms with Gasteiger partial charge >= 0.3 is 6.09 Å². The summed E-state index contributed by atoms with van der Waals surface area (Å²) in [4.78, 5) is 26.2. The summed E-state index contributed by atoms with van der Waals surface area (Å²) in [6.07, 6.45) is 1.14. The van der Waals surface area contributed by atoms with Crippen LogP contribution in [-0.4, -0.2) is 89.0 Å². The van der Waals surface area contributed by atoms with E-state index in [0.29, 0.717) is 25.2 Å². The van der Waals surface area contributed by atoms with Gasteiger partial charge in [-0.1, -0.05) is 81.4 Å². The molecule has 44 heavy (non-hydrogen) atoms. The van der Waals surface area contributed by atoms with Crippen LogP contribution >= 0.6 is 0 Å². The molecule has 2 fully saturated rings. The zero-order valence-corrected chi connectivity index (χ0v) is 26.5. The van der Waals surface area contributed by atoms with Crippen molar-refractivity contribution >= 4 is 16.1 Å². The second-order valence-corrected chi connectivity index (χ2v) is 14.9. The maximum Gasteiger partial charge on any atom is 0.429 e. The van der Waals surface area contributed by atoms with Crippen molar-refractivity contribution in [1.29, 1.82) is 0 Å². The van der Waals surface area contributed by atoms with Gasteiger partial charge in [0.05, 0.1) is 23.5 Å². The van der Waals surface area contributed by atoms with Crippen LogP contribution in [-0.2, 0) is 21.4 Å². The van der Waals surface area contributed by atoms with E-state index < -0.39 is 33.7 Å². The molecule has 2 atom stereocenters. The van der Waals surface area contributed by atoms with Gasteiger partial charge in [0.25, 0.3) is 0 Å². The Morgan fingerprint density at radius 3 is 2.23 bits per heavy atom. The van der Waals surface area contributed by atoms with E-state index in [4.69, 9.17) is 15.6 Å². The molecule has 0 unspecified atom stereocenters. The first kappa shape index (κ1) is 32.1. The lowest BCUT2D eigenvalue weighted by Gasteiger charge is -2.41. The molecule has 2 aliphatic rings. The molecule has 1 saturated carbocycles. The van der Waals surface area contributed by atoms with Crippen LogP contribution < -0.4 is 5.73 Å². The first-order valence-corrected chi connectivity index (χ1v) is 16.7. The molecular formula is C32H43FN6O4S. The van der Waals surface area contributed by atoms with Gasteiger partial charge in [-0.05, 0) is 23.8 Å². The number of amides is 1. The zero-order valence-electron chi connectivity index (χ0n) is 25.7. The Balaban J connectivity index is 1.46. The number of alkyl halides is 1. The highest BCUT2D eigenvalue weighted by Crippen LogP contribution is 2.40. The van der Waals surface area contributed by atoms with E-state index in [0.717, 1.165) is 16.8 Å². The third kappa shape index (κ3) is 7.48.